The summed E-state index contributed by atoms with van der Waals surface area (Å²) in [6.07, 6.45) is 0. The molecule has 0 saturated carbocycles. The van der Waals surface area contributed by atoms with Crippen molar-refractivity contribution in [1.82, 2.24) is 0 Å². The topological polar surface area (TPSA) is 77.0 Å². The zero-order valence-electron chi connectivity index (χ0n) is 10.8. The van der Waals surface area contributed by atoms with E-state index < -0.39 is 0 Å². The molecule has 0 radical (unpaired) electrons. The standard InChI is InChI=1S/C14H14N2O2/c1-8(2)9(3)13-10(6-15)5-12(18-4)14(17)11(13)7-16/h5,17H,1-4H3. The Kier molecular flexibility index (Phi) is 3.97. The summed E-state index contributed by atoms with van der Waals surface area (Å²) in [5, 5.41) is 28.3. The molecule has 18 heavy (non-hydrogen) atoms. The average molecular weight is 242 g/mol. The molecule has 0 heterocycles. The zero-order valence-corrected chi connectivity index (χ0v) is 10.8. The summed E-state index contributed by atoms with van der Waals surface area (Å²) in [4.78, 5) is 0. The van der Waals surface area contributed by atoms with Crippen molar-refractivity contribution in [3.8, 4) is 23.6 Å². The molecule has 0 atom stereocenters. The molecule has 0 aromatic heterocycles. The molecule has 0 spiro atoms. The highest BCUT2D eigenvalue weighted by Gasteiger charge is 2.19. The number of allylic oxidation sites excluding steroid dienone is 2. The van der Waals surface area contributed by atoms with Crippen LogP contribution in [-0.4, -0.2) is 12.2 Å². The molecule has 0 aliphatic carbocycles. The van der Waals surface area contributed by atoms with E-state index in [1.54, 1.807) is 0 Å². The maximum absolute atomic E-state index is 9.94. The maximum Gasteiger partial charge on any atom is 0.176 e. The molecule has 1 aromatic rings. The van der Waals surface area contributed by atoms with Crippen molar-refractivity contribution in [3.05, 3.63) is 28.3 Å². The van der Waals surface area contributed by atoms with E-state index in [1.807, 2.05) is 32.9 Å². The van der Waals surface area contributed by atoms with Gasteiger partial charge in [0.2, 0.25) is 0 Å². The summed E-state index contributed by atoms with van der Waals surface area (Å²) in [6.45, 7) is 5.59. The lowest BCUT2D eigenvalue weighted by molar-refractivity contribution is 0.372. The SMILES string of the molecule is COc1cc(C#N)c(C(C)=C(C)C)c(C#N)c1O. The van der Waals surface area contributed by atoms with Crippen molar-refractivity contribution < 1.29 is 9.84 Å². The fourth-order valence-electron chi connectivity index (χ4n) is 1.64. The number of methoxy groups -OCH3 is 1. The van der Waals surface area contributed by atoms with Crippen LogP contribution in [0, 0.1) is 22.7 Å². The van der Waals surface area contributed by atoms with Gasteiger partial charge >= 0.3 is 0 Å². The Labute approximate surface area is 106 Å². The van der Waals surface area contributed by atoms with Crippen LogP contribution in [0.2, 0.25) is 0 Å². The van der Waals surface area contributed by atoms with Gasteiger partial charge in [0.1, 0.15) is 11.6 Å². The highest BCUT2D eigenvalue weighted by molar-refractivity contribution is 5.79. The number of aromatic hydroxyl groups is 1. The lowest BCUT2D eigenvalue weighted by atomic mass is 9.92. The van der Waals surface area contributed by atoms with Gasteiger partial charge < -0.3 is 9.84 Å². The van der Waals surface area contributed by atoms with Crippen LogP contribution < -0.4 is 4.74 Å². The lowest BCUT2D eigenvalue weighted by Gasteiger charge is -2.13. The first-order chi connectivity index (χ1) is 8.47. The van der Waals surface area contributed by atoms with E-state index in [0.717, 1.165) is 11.1 Å². The minimum Gasteiger partial charge on any atom is -0.503 e. The van der Waals surface area contributed by atoms with Crippen LogP contribution in [0.25, 0.3) is 5.57 Å². The van der Waals surface area contributed by atoms with Gasteiger partial charge in [0.15, 0.2) is 11.5 Å². The van der Waals surface area contributed by atoms with Crippen LogP contribution in [0.4, 0.5) is 0 Å². The van der Waals surface area contributed by atoms with Crippen molar-refractivity contribution in [3.63, 3.8) is 0 Å². The number of nitrogens with zero attached hydrogens (tertiary/aromatic N) is 2. The fourth-order valence-corrected chi connectivity index (χ4v) is 1.64. The van der Waals surface area contributed by atoms with Gasteiger partial charge in [0.05, 0.1) is 18.7 Å². The predicted octanol–water partition coefficient (Wildman–Crippen LogP) is 2.96. The maximum atomic E-state index is 9.94. The van der Waals surface area contributed by atoms with E-state index in [2.05, 4.69) is 0 Å². The minimum absolute atomic E-state index is 0.0737. The summed E-state index contributed by atoms with van der Waals surface area (Å²) in [5.74, 6) is -0.0944. The number of rotatable bonds is 2. The van der Waals surface area contributed by atoms with Crippen LogP contribution in [0.5, 0.6) is 11.5 Å². The number of hydrogen-bond donors (Lipinski definition) is 1. The van der Waals surface area contributed by atoms with Crippen molar-refractivity contribution in [2.45, 2.75) is 20.8 Å². The Hall–Kier alpha value is -2.46. The quantitative estimate of drug-likeness (QED) is 0.864. The number of phenols is 1. The van der Waals surface area contributed by atoms with E-state index >= 15 is 0 Å². The first kappa shape index (κ1) is 13.6. The number of ether oxygens (including phenoxy) is 1. The third kappa shape index (κ3) is 2.14. The number of benzene rings is 1. The smallest absolute Gasteiger partial charge is 0.176 e. The van der Waals surface area contributed by atoms with Gasteiger partial charge in [-0.2, -0.15) is 10.5 Å². The molecule has 1 N–H and O–H groups in total. The molecule has 0 aliphatic rings. The van der Waals surface area contributed by atoms with Gasteiger partial charge in [-0.05, 0) is 26.3 Å². The molecule has 1 rings (SSSR count). The lowest BCUT2D eigenvalue weighted by Crippen LogP contribution is -1.97. The predicted molar refractivity (Wildman–Crippen MR) is 68.0 cm³/mol. The van der Waals surface area contributed by atoms with Crippen LogP contribution in [0.1, 0.15) is 37.5 Å². The monoisotopic (exact) mass is 242 g/mol. The van der Waals surface area contributed by atoms with E-state index in [9.17, 15) is 10.4 Å². The second-order valence-corrected chi connectivity index (χ2v) is 4.07. The summed E-state index contributed by atoms with van der Waals surface area (Å²) in [5.41, 5.74) is 2.65. The largest absolute Gasteiger partial charge is 0.503 e. The number of nitriles is 2. The van der Waals surface area contributed by atoms with Gasteiger partial charge in [-0.3, -0.25) is 0 Å². The third-order valence-electron chi connectivity index (χ3n) is 2.84. The Morgan fingerprint density at radius 2 is 1.83 bits per heavy atom. The molecule has 4 nitrogen and oxygen atoms in total. The highest BCUT2D eigenvalue weighted by atomic mass is 16.5. The fraction of sp³-hybridized carbons (Fsp3) is 0.286. The van der Waals surface area contributed by atoms with Crippen molar-refractivity contribution in [1.29, 1.82) is 10.5 Å². The van der Waals surface area contributed by atoms with E-state index in [1.165, 1.54) is 13.2 Å². The van der Waals surface area contributed by atoms with Gasteiger partial charge in [0.25, 0.3) is 0 Å². The molecule has 0 aliphatic heterocycles. The molecule has 4 heteroatoms. The van der Waals surface area contributed by atoms with E-state index in [-0.39, 0.29) is 17.1 Å². The Morgan fingerprint density at radius 1 is 1.22 bits per heavy atom. The number of phenolic OH excluding ortho intramolecular Hbond substituents is 1. The molecule has 92 valence electrons. The van der Waals surface area contributed by atoms with Gasteiger partial charge in [-0.15, -0.1) is 0 Å². The first-order valence-electron chi connectivity index (χ1n) is 5.36. The molecule has 0 bridgehead atoms. The minimum atomic E-state index is -0.227. The molecule has 1 aromatic carbocycles. The second kappa shape index (κ2) is 5.25. The van der Waals surface area contributed by atoms with E-state index in [0.29, 0.717) is 11.1 Å². The highest BCUT2D eigenvalue weighted by Crippen LogP contribution is 2.38. The van der Waals surface area contributed by atoms with Crippen molar-refractivity contribution in [2.75, 3.05) is 7.11 Å². The molecule has 0 saturated heterocycles. The van der Waals surface area contributed by atoms with Gasteiger partial charge in [-0.1, -0.05) is 5.57 Å². The normalized spacial score (nSPS) is 9.22. The Bertz CT molecular complexity index is 598. The van der Waals surface area contributed by atoms with Crippen LogP contribution >= 0.6 is 0 Å². The van der Waals surface area contributed by atoms with Crippen LogP contribution in [0.15, 0.2) is 11.6 Å². The van der Waals surface area contributed by atoms with E-state index in [4.69, 9.17) is 10.00 Å². The zero-order chi connectivity index (χ0) is 13.9. The molecular weight excluding hydrogens is 228 g/mol. The first-order valence-corrected chi connectivity index (χ1v) is 5.36. The average Bonchev–Trinajstić information content (AvgIpc) is 2.37. The Balaban J connectivity index is 3.82. The summed E-state index contributed by atoms with van der Waals surface area (Å²) >= 11 is 0. The molecule has 0 unspecified atom stereocenters. The van der Waals surface area contributed by atoms with Crippen molar-refractivity contribution in [2.24, 2.45) is 0 Å². The summed E-state index contributed by atoms with van der Waals surface area (Å²) in [7, 11) is 1.38. The molecule has 0 fully saturated rings. The van der Waals surface area contributed by atoms with Gasteiger partial charge in [0, 0.05) is 11.6 Å². The number of hydrogen-bond acceptors (Lipinski definition) is 4. The summed E-state index contributed by atoms with van der Waals surface area (Å²) < 4.78 is 4.96. The Morgan fingerprint density at radius 3 is 2.22 bits per heavy atom. The van der Waals surface area contributed by atoms with Crippen LogP contribution in [0.3, 0.4) is 0 Å². The molecular formula is C14H14N2O2. The summed E-state index contributed by atoms with van der Waals surface area (Å²) in [6, 6.07) is 5.41. The second-order valence-electron chi connectivity index (χ2n) is 4.07. The van der Waals surface area contributed by atoms with Crippen molar-refractivity contribution >= 4 is 5.57 Å². The van der Waals surface area contributed by atoms with Gasteiger partial charge in [-0.25, -0.2) is 0 Å². The third-order valence-corrected chi connectivity index (χ3v) is 2.84. The van der Waals surface area contributed by atoms with Crippen LogP contribution in [-0.2, 0) is 0 Å². The molecule has 0 amide bonds.